The number of hydrogen-bond donors (Lipinski definition) is 0. The molecular weight excluding hydrogens is 384 g/mol. The highest BCUT2D eigenvalue weighted by Crippen LogP contribution is 2.25. The highest BCUT2D eigenvalue weighted by atomic mass is 16.5. The summed E-state index contributed by atoms with van der Waals surface area (Å²) in [6, 6.07) is 14.4. The molecule has 1 amide bonds. The maximum atomic E-state index is 12.9. The molecule has 1 atom stereocenters. The normalized spacial score (nSPS) is 15.5. The molecule has 4 rings (SSSR count). The summed E-state index contributed by atoms with van der Waals surface area (Å²) in [7, 11) is 3.14. The molecule has 2 heterocycles. The topological polar surface area (TPSA) is 77.8 Å². The maximum Gasteiger partial charge on any atom is 0.340 e. The third kappa shape index (κ3) is 3.54. The molecule has 0 fully saturated rings. The number of methoxy groups -OCH3 is 1. The Morgan fingerprint density at radius 2 is 1.73 bits per heavy atom. The number of hydrogen-bond acceptors (Lipinski definition) is 5. The quantitative estimate of drug-likeness (QED) is 0.622. The van der Waals surface area contributed by atoms with Crippen molar-refractivity contribution in [3.63, 3.8) is 0 Å². The molecule has 0 aliphatic carbocycles. The molecule has 30 heavy (non-hydrogen) atoms. The van der Waals surface area contributed by atoms with Crippen molar-refractivity contribution in [3.05, 3.63) is 71.4 Å². The van der Waals surface area contributed by atoms with E-state index in [0.29, 0.717) is 12.0 Å². The summed E-state index contributed by atoms with van der Waals surface area (Å²) in [6.07, 6.45) is 2.05. The van der Waals surface area contributed by atoms with Gasteiger partial charge in [0.2, 0.25) is 0 Å². The highest BCUT2D eigenvalue weighted by molar-refractivity contribution is 6.04. The van der Waals surface area contributed by atoms with Gasteiger partial charge in [-0.3, -0.25) is 4.79 Å². The van der Waals surface area contributed by atoms with Crippen LogP contribution in [0, 0.1) is 0 Å². The molecular formula is C23H22N2O5. The van der Waals surface area contributed by atoms with Gasteiger partial charge in [0.05, 0.1) is 12.7 Å². The lowest BCUT2D eigenvalue weighted by Crippen LogP contribution is -2.50. The predicted molar refractivity (Wildman–Crippen MR) is 110 cm³/mol. The second kappa shape index (κ2) is 8.02. The minimum absolute atomic E-state index is 0.264. The van der Waals surface area contributed by atoms with Gasteiger partial charge in [-0.1, -0.05) is 42.5 Å². The Labute approximate surface area is 173 Å². The number of carbonyl (C=O) groups excluding carboxylic acids is 3. The SMILES string of the molecule is COC(=O)[C@H]1Cc2ccccc2CN1C(=O)COC(=O)c1cn(C)c2ccccc12. The Morgan fingerprint density at radius 1 is 1.03 bits per heavy atom. The average Bonchev–Trinajstić information content (AvgIpc) is 3.12. The third-order valence-electron chi connectivity index (χ3n) is 5.49. The van der Waals surface area contributed by atoms with E-state index in [4.69, 9.17) is 9.47 Å². The molecule has 1 aliphatic heterocycles. The fourth-order valence-corrected chi connectivity index (χ4v) is 3.92. The number of benzene rings is 2. The van der Waals surface area contributed by atoms with Gasteiger partial charge in [0.25, 0.3) is 5.91 Å². The number of para-hydroxylation sites is 1. The Balaban J connectivity index is 1.51. The molecule has 0 radical (unpaired) electrons. The Bertz CT molecular complexity index is 1130. The zero-order valence-corrected chi connectivity index (χ0v) is 16.8. The minimum atomic E-state index is -0.742. The monoisotopic (exact) mass is 406 g/mol. The van der Waals surface area contributed by atoms with Crippen molar-refractivity contribution in [2.45, 2.75) is 19.0 Å². The number of fused-ring (bicyclic) bond motifs is 2. The summed E-state index contributed by atoms with van der Waals surface area (Å²) >= 11 is 0. The van der Waals surface area contributed by atoms with E-state index in [-0.39, 0.29) is 6.54 Å². The number of rotatable bonds is 4. The number of amides is 1. The second-order valence-corrected chi connectivity index (χ2v) is 7.28. The van der Waals surface area contributed by atoms with Crippen LogP contribution in [0.25, 0.3) is 10.9 Å². The van der Waals surface area contributed by atoms with Gasteiger partial charge >= 0.3 is 11.9 Å². The van der Waals surface area contributed by atoms with Gasteiger partial charge in [0, 0.05) is 37.1 Å². The van der Waals surface area contributed by atoms with Crippen LogP contribution < -0.4 is 0 Å². The van der Waals surface area contributed by atoms with Crippen LogP contribution in [0.2, 0.25) is 0 Å². The van der Waals surface area contributed by atoms with Crippen LogP contribution in [0.3, 0.4) is 0 Å². The van der Waals surface area contributed by atoms with Crippen LogP contribution in [0.5, 0.6) is 0 Å². The van der Waals surface area contributed by atoms with E-state index in [2.05, 4.69) is 0 Å². The van der Waals surface area contributed by atoms with Crippen LogP contribution in [-0.2, 0) is 39.1 Å². The molecule has 0 saturated heterocycles. The molecule has 1 aromatic heterocycles. The largest absolute Gasteiger partial charge is 0.467 e. The van der Waals surface area contributed by atoms with Crippen molar-refractivity contribution < 1.29 is 23.9 Å². The minimum Gasteiger partial charge on any atom is -0.467 e. The van der Waals surface area contributed by atoms with Crippen LogP contribution in [-0.4, -0.2) is 47.1 Å². The fraction of sp³-hybridized carbons (Fsp3) is 0.261. The molecule has 3 aromatic rings. The van der Waals surface area contributed by atoms with Crippen LogP contribution in [0.4, 0.5) is 0 Å². The number of ether oxygens (including phenoxy) is 2. The summed E-state index contributed by atoms with van der Waals surface area (Å²) in [4.78, 5) is 39.2. The number of aryl methyl sites for hydroxylation is 1. The van der Waals surface area contributed by atoms with Crippen molar-refractivity contribution in [1.29, 1.82) is 0 Å². The Kier molecular flexibility index (Phi) is 5.27. The lowest BCUT2D eigenvalue weighted by Gasteiger charge is -2.35. The van der Waals surface area contributed by atoms with E-state index in [0.717, 1.165) is 22.0 Å². The molecule has 7 nitrogen and oxygen atoms in total. The average molecular weight is 406 g/mol. The van der Waals surface area contributed by atoms with Gasteiger partial charge in [-0.15, -0.1) is 0 Å². The third-order valence-corrected chi connectivity index (χ3v) is 5.49. The first-order valence-electron chi connectivity index (χ1n) is 9.65. The van der Waals surface area contributed by atoms with Gasteiger partial charge in [-0.2, -0.15) is 0 Å². The van der Waals surface area contributed by atoms with Crippen molar-refractivity contribution in [3.8, 4) is 0 Å². The first-order chi connectivity index (χ1) is 14.5. The maximum absolute atomic E-state index is 12.9. The fourth-order valence-electron chi connectivity index (χ4n) is 3.92. The van der Waals surface area contributed by atoms with E-state index in [1.807, 2.05) is 60.1 Å². The van der Waals surface area contributed by atoms with Gasteiger partial charge < -0.3 is 18.9 Å². The van der Waals surface area contributed by atoms with E-state index in [9.17, 15) is 14.4 Å². The molecule has 0 unspecified atom stereocenters. The van der Waals surface area contributed by atoms with Crippen LogP contribution in [0.15, 0.2) is 54.7 Å². The molecule has 0 N–H and O–H groups in total. The molecule has 154 valence electrons. The van der Waals surface area contributed by atoms with Crippen molar-refractivity contribution >= 4 is 28.7 Å². The first kappa shape index (κ1) is 19.7. The van der Waals surface area contributed by atoms with Crippen molar-refractivity contribution in [2.24, 2.45) is 7.05 Å². The van der Waals surface area contributed by atoms with Gasteiger partial charge in [0.15, 0.2) is 6.61 Å². The summed E-state index contributed by atoms with van der Waals surface area (Å²) < 4.78 is 12.0. The summed E-state index contributed by atoms with van der Waals surface area (Å²) in [5.74, 6) is -1.50. The zero-order valence-electron chi connectivity index (χ0n) is 16.8. The summed E-state index contributed by atoms with van der Waals surface area (Å²) in [6.45, 7) is -0.182. The zero-order chi connectivity index (χ0) is 21.3. The molecule has 7 heteroatoms. The standard InChI is InChI=1S/C23H22N2O5/c1-24-13-18(17-9-5-6-10-19(17)24)22(27)30-14-21(26)25-12-16-8-4-3-7-15(16)11-20(25)23(28)29-2/h3-10,13,20H,11-12,14H2,1-2H3/t20-/m1/s1. The smallest absolute Gasteiger partial charge is 0.340 e. The van der Waals surface area contributed by atoms with E-state index < -0.39 is 30.5 Å². The predicted octanol–water partition coefficient (Wildman–Crippen LogP) is 2.46. The van der Waals surface area contributed by atoms with E-state index >= 15 is 0 Å². The van der Waals surface area contributed by atoms with Crippen molar-refractivity contribution in [2.75, 3.05) is 13.7 Å². The molecule has 0 bridgehead atoms. The van der Waals surface area contributed by atoms with Gasteiger partial charge in [0.1, 0.15) is 6.04 Å². The number of esters is 2. The summed E-state index contributed by atoms with van der Waals surface area (Å²) in [5, 5.41) is 0.761. The first-order valence-corrected chi connectivity index (χ1v) is 9.65. The summed E-state index contributed by atoms with van der Waals surface area (Å²) in [5.41, 5.74) is 3.26. The van der Waals surface area contributed by atoms with Gasteiger partial charge in [-0.05, 0) is 17.2 Å². The highest BCUT2D eigenvalue weighted by Gasteiger charge is 2.35. The van der Waals surface area contributed by atoms with Crippen molar-refractivity contribution in [1.82, 2.24) is 9.47 Å². The van der Waals surface area contributed by atoms with Gasteiger partial charge in [-0.25, -0.2) is 9.59 Å². The van der Waals surface area contributed by atoms with Crippen LogP contribution >= 0.6 is 0 Å². The van der Waals surface area contributed by atoms with Crippen LogP contribution in [0.1, 0.15) is 21.5 Å². The Hall–Kier alpha value is -3.61. The molecule has 2 aromatic carbocycles. The molecule has 0 saturated carbocycles. The number of nitrogens with zero attached hydrogens (tertiary/aromatic N) is 2. The van der Waals surface area contributed by atoms with E-state index in [1.54, 1.807) is 6.20 Å². The lowest BCUT2D eigenvalue weighted by atomic mass is 9.94. The number of carbonyl (C=O) groups is 3. The number of aromatic nitrogens is 1. The molecule has 1 aliphatic rings. The second-order valence-electron chi connectivity index (χ2n) is 7.28. The Morgan fingerprint density at radius 3 is 2.50 bits per heavy atom. The lowest BCUT2D eigenvalue weighted by molar-refractivity contribution is -0.155. The molecule has 0 spiro atoms. The van der Waals surface area contributed by atoms with E-state index in [1.165, 1.54) is 12.0 Å².